The van der Waals surface area contributed by atoms with E-state index in [0.29, 0.717) is 12.6 Å². The minimum Gasteiger partial charge on any atom is -0.490 e. The topological polar surface area (TPSA) is 50.4 Å². The van der Waals surface area contributed by atoms with Gasteiger partial charge in [-0.15, -0.1) is 0 Å². The highest BCUT2D eigenvalue weighted by atomic mass is 16.5. The maximum Gasteiger partial charge on any atom is 0.237 e. The van der Waals surface area contributed by atoms with Gasteiger partial charge in [-0.25, -0.2) is 0 Å². The van der Waals surface area contributed by atoms with Crippen LogP contribution in [-0.4, -0.2) is 24.6 Å². The van der Waals surface area contributed by atoms with Crippen molar-refractivity contribution < 1.29 is 9.53 Å². The van der Waals surface area contributed by atoms with Gasteiger partial charge in [0.15, 0.2) is 0 Å². The predicted octanol–water partition coefficient (Wildman–Crippen LogP) is 2.38. The van der Waals surface area contributed by atoms with Gasteiger partial charge in [0.25, 0.3) is 0 Å². The van der Waals surface area contributed by atoms with Crippen LogP contribution < -0.4 is 15.4 Å². The Bertz CT molecular complexity index is 477. The van der Waals surface area contributed by atoms with Crippen LogP contribution in [0, 0.1) is 0 Å². The highest BCUT2D eigenvalue weighted by Gasteiger charge is 2.22. The normalized spacial score (nSPS) is 22.4. The average molecular weight is 288 g/mol. The number of hydrogen-bond donors (Lipinski definition) is 2. The molecule has 1 saturated heterocycles. The number of nitrogens with one attached hydrogen (secondary N) is 2. The number of carbonyl (C=O) groups excluding carboxylic acids is 1. The van der Waals surface area contributed by atoms with Crippen LogP contribution >= 0.6 is 0 Å². The second-order valence-electron chi connectivity index (χ2n) is 6.00. The Labute approximate surface area is 126 Å². The molecule has 4 heteroatoms. The summed E-state index contributed by atoms with van der Waals surface area (Å²) in [5.41, 5.74) is 1.07. The van der Waals surface area contributed by atoms with E-state index in [1.54, 1.807) is 0 Å². The summed E-state index contributed by atoms with van der Waals surface area (Å²) >= 11 is 0. The lowest BCUT2D eigenvalue weighted by Gasteiger charge is -2.17. The molecule has 2 fully saturated rings. The van der Waals surface area contributed by atoms with Crippen molar-refractivity contribution in [2.24, 2.45) is 0 Å². The molecule has 0 bridgehead atoms. The van der Waals surface area contributed by atoms with E-state index in [1.807, 2.05) is 24.3 Å². The molecule has 3 rings (SSSR count). The summed E-state index contributed by atoms with van der Waals surface area (Å²) in [6, 6.07) is 8.01. The van der Waals surface area contributed by atoms with Crippen LogP contribution in [0.4, 0.5) is 0 Å². The Morgan fingerprint density at radius 2 is 2.00 bits per heavy atom. The third-order valence-corrected chi connectivity index (χ3v) is 4.40. The van der Waals surface area contributed by atoms with Crippen molar-refractivity contribution in [3.63, 3.8) is 0 Å². The van der Waals surface area contributed by atoms with Crippen LogP contribution in [-0.2, 0) is 11.3 Å². The first kappa shape index (κ1) is 14.4. The Morgan fingerprint density at radius 3 is 2.76 bits per heavy atom. The van der Waals surface area contributed by atoms with Crippen LogP contribution in [0.25, 0.3) is 0 Å². The van der Waals surface area contributed by atoms with E-state index in [0.717, 1.165) is 43.5 Å². The molecule has 0 spiro atoms. The number of ether oxygens (including phenoxy) is 1. The van der Waals surface area contributed by atoms with Gasteiger partial charge >= 0.3 is 0 Å². The predicted molar refractivity (Wildman–Crippen MR) is 82.2 cm³/mol. The van der Waals surface area contributed by atoms with E-state index in [4.69, 9.17) is 4.74 Å². The molecule has 4 nitrogen and oxygen atoms in total. The van der Waals surface area contributed by atoms with Crippen LogP contribution in [0.1, 0.15) is 44.1 Å². The molecule has 1 aliphatic carbocycles. The fourth-order valence-corrected chi connectivity index (χ4v) is 3.16. The first-order chi connectivity index (χ1) is 10.3. The molecule has 1 saturated carbocycles. The highest BCUT2D eigenvalue weighted by Crippen LogP contribution is 2.26. The fourth-order valence-electron chi connectivity index (χ4n) is 3.16. The summed E-state index contributed by atoms with van der Waals surface area (Å²) in [5.74, 6) is 1.02. The molecule has 0 aromatic heterocycles. The third-order valence-electron chi connectivity index (χ3n) is 4.40. The Kier molecular flexibility index (Phi) is 4.76. The summed E-state index contributed by atoms with van der Waals surface area (Å²) in [5, 5.41) is 6.25. The van der Waals surface area contributed by atoms with Crippen LogP contribution in [0.2, 0.25) is 0 Å². The minimum atomic E-state index is -0.0205. The quantitative estimate of drug-likeness (QED) is 0.874. The summed E-state index contributed by atoms with van der Waals surface area (Å²) in [6.07, 6.45) is 7.18. The molecule has 0 unspecified atom stereocenters. The van der Waals surface area contributed by atoms with Gasteiger partial charge in [-0.2, -0.15) is 0 Å². The second kappa shape index (κ2) is 6.94. The number of hydrogen-bond acceptors (Lipinski definition) is 3. The van der Waals surface area contributed by atoms with Crippen LogP contribution in [0.3, 0.4) is 0 Å². The maximum atomic E-state index is 12.1. The lowest BCUT2D eigenvalue weighted by molar-refractivity contribution is -0.122. The van der Waals surface area contributed by atoms with Crippen molar-refractivity contribution in [1.82, 2.24) is 10.6 Å². The molecular formula is C17H24N2O2. The van der Waals surface area contributed by atoms with E-state index < -0.39 is 0 Å². The summed E-state index contributed by atoms with van der Waals surface area (Å²) < 4.78 is 6.10. The second-order valence-corrected chi connectivity index (χ2v) is 6.00. The number of carbonyl (C=O) groups is 1. The SMILES string of the molecule is O=C(NCc1ccccc1OC1CCCC1)[C@@H]1CCCN1. The average Bonchev–Trinajstić information content (AvgIpc) is 3.19. The zero-order chi connectivity index (χ0) is 14.5. The summed E-state index contributed by atoms with van der Waals surface area (Å²) in [6.45, 7) is 1.49. The number of benzene rings is 1. The fraction of sp³-hybridized carbons (Fsp3) is 0.588. The van der Waals surface area contributed by atoms with Gasteiger partial charge in [0.2, 0.25) is 5.91 Å². The van der Waals surface area contributed by atoms with Crippen molar-refractivity contribution in [3.8, 4) is 5.75 Å². The zero-order valence-electron chi connectivity index (χ0n) is 12.4. The molecular weight excluding hydrogens is 264 g/mol. The van der Waals surface area contributed by atoms with E-state index >= 15 is 0 Å². The minimum absolute atomic E-state index is 0.0205. The van der Waals surface area contributed by atoms with E-state index in [9.17, 15) is 4.79 Å². The van der Waals surface area contributed by atoms with Gasteiger partial charge in [-0.1, -0.05) is 18.2 Å². The Morgan fingerprint density at radius 1 is 1.19 bits per heavy atom. The monoisotopic (exact) mass is 288 g/mol. The first-order valence-corrected chi connectivity index (χ1v) is 8.08. The van der Waals surface area contributed by atoms with Crippen LogP contribution in [0.15, 0.2) is 24.3 Å². The van der Waals surface area contributed by atoms with Gasteiger partial charge in [-0.05, 0) is 51.1 Å². The molecule has 2 aliphatic rings. The van der Waals surface area contributed by atoms with Crippen LogP contribution in [0.5, 0.6) is 5.75 Å². The Balaban J connectivity index is 1.57. The van der Waals surface area contributed by atoms with Crippen molar-refractivity contribution in [2.75, 3.05) is 6.54 Å². The molecule has 1 amide bonds. The van der Waals surface area contributed by atoms with Gasteiger partial charge in [0.1, 0.15) is 5.75 Å². The number of amides is 1. The standard InChI is InChI=1S/C17H24N2O2/c20-17(15-9-5-11-18-15)19-12-13-6-1-4-10-16(13)21-14-7-2-3-8-14/h1,4,6,10,14-15,18H,2-3,5,7-9,11-12H2,(H,19,20)/t15-/m0/s1. The smallest absolute Gasteiger partial charge is 0.237 e. The molecule has 21 heavy (non-hydrogen) atoms. The first-order valence-electron chi connectivity index (χ1n) is 8.08. The number of para-hydroxylation sites is 1. The Hall–Kier alpha value is -1.55. The van der Waals surface area contributed by atoms with Gasteiger partial charge < -0.3 is 15.4 Å². The van der Waals surface area contributed by atoms with Gasteiger partial charge in [0, 0.05) is 12.1 Å². The highest BCUT2D eigenvalue weighted by molar-refractivity contribution is 5.82. The summed E-state index contributed by atoms with van der Waals surface area (Å²) in [4.78, 5) is 12.1. The van der Waals surface area contributed by atoms with E-state index in [-0.39, 0.29) is 11.9 Å². The lowest BCUT2D eigenvalue weighted by atomic mass is 10.1. The summed E-state index contributed by atoms with van der Waals surface area (Å²) in [7, 11) is 0. The van der Waals surface area contributed by atoms with Crippen molar-refractivity contribution >= 4 is 5.91 Å². The van der Waals surface area contributed by atoms with Gasteiger partial charge in [-0.3, -0.25) is 4.79 Å². The van der Waals surface area contributed by atoms with Crippen molar-refractivity contribution in [3.05, 3.63) is 29.8 Å². The molecule has 1 aromatic carbocycles. The third kappa shape index (κ3) is 3.76. The number of rotatable bonds is 5. The molecule has 0 radical (unpaired) electrons. The van der Waals surface area contributed by atoms with E-state index in [2.05, 4.69) is 10.6 Å². The molecule has 2 N–H and O–H groups in total. The molecule has 114 valence electrons. The molecule has 1 aromatic rings. The zero-order valence-corrected chi connectivity index (χ0v) is 12.4. The van der Waals surface area contributed by atoms with Crippen molar-refractivity contribution in [2.45, 2.75) is 57.2 Å². The molecule has 1 atom stereocenters. The largest absolute Gasteiger partial charge is 0.490 e. The van der Waals surface area contributed by atoms with Gasteiger partial charge in [0.05, 0.1) is 12.1 Å². The molecule has 1 heterocycles. The van der Waals surface area contributed by atoms with Crippen molar-refractivity contribution in [1.29, 1.82) is 0 Å². The van der Waals surface area contributed by atoms with E-state index in [1.165, 1.54) is 12.8 Å². The lowest BCUT2D eigenvalue weighted by Crippen LogP contribution is -2.40. The maximum absolute atomic E-state index is 12.1. The molecule has 1 aliphatic heterocycles.